The number of pyridine rings is 1. The molecule has 1 aromatic heterocycles. The molecule has 1 N–H and O–H groups in total. The van der Waals surface area contributed by atoms with Crippen LogP contribution < -0.4 is 5.32 Å². The van der Waals surface area contributed by atoms with Gasteiger partial charge in [-0.25, -0.2) is 0 Å². The summed E-state index contributed by atoms with van der Waals surface area (Å²) in [5.41, 5.74) is 1.96. The third-order valence-electron chi connectivity index (χ3n) is 3.58. The van der Waals surface area contributed by atoms with Crippen LogP contribution in [0, 0.1) is 0 Å². The van der Waals surface area contributed by atoms with Crippen LogP contribution in [-0.4, -0.2) is 37.0 Å². The lowest BCUT2D eigenvalue weighted by Crippen LogP contribution is -2.26. The van der Waals surface area contributed by atoms with E-state index in [2.05, 4.69) is 17.2 Å². The first-order chi connectivity index (χ1) is 10.2. The number of anilines is 1. The van der Waals surface area contributed by atoms with Crippen molar-refractivity contribution in [1.82, 2.24) is 4.98 Å². The molecule has 1 aliphatic rings. The van der Waals surface area contributed by atoms with Crippen LogP contribution in [0.2, 0.25) is 5.02 Å². The molecule has 0 bridgehead atoms. The lowest BCUT2D eigenvalue weighted by Gasteiger charge is -2.19. The van der Waals surface area contributed by atoms with Gasteiger partial charge in [0.15, 0.2) is 0 Å². The lowest BCUT2D eigenvalue weighted by atomic mass is 10.1. The maximum absolute atomic E-state index is 6.08. The second-order valence-corrected chi connectivity index (χ2v) is 5.82. The van der Waals surface area contributed by atoms with Crippen LogP contribution in [0.4, 0.5) is 5.69 Å². The lowest BCUT2D eigenvalue weighted by molar-refractivity contribution is 0.0395. The Hall–Kier alpha value is -1.36. The van der Waals surface area contributed by atoms with Gasteiger partial charge in [-0.15, -0.1) is 0 Å². The summed E-state index contributed by atoms with van der Waals surface area (Å²) >= 11 is 6.08. The van der Waals surface area contributed by atoms with Gasteiger partial charge >= 0.3 is 0 Å². The highest BCUT2D eigenvalue weighted by atomic mass is 35.5. The number of hydrogen-bond donors (Lipinski definition) is 1. The number of rotatable bonds is 5. The number of ether oxygens (including phenoxy) is 2. The highest BCUT2D eigenvalue weighted by Crippen LogP contribution is 2.25. The van der Waals surface area contributed by atoms with Crippen molar-refractivity contribution in [2.24, 2.45) is 0 Å². The molecule has 0 saturated carbocycles. The van der Waals surface area contributed by atoms with Crippen molar-refractivity contribution in [3.8, 4) is 0 Å². The van der Waals surface area contributed by atoms with E-state index in [1.54, 1.807) is 6.20 Å². The molecule has 21 heavy (non-hydrogen) atoms. The molecule has 1 saturated heterocycles. The predicted octanol–water partition coefficient (Wildman–Crippen LogP) is 3.49. The van der Waals surface area contributed by atoms with Crippen molar-refractivity contribution in [2.75, 3.05) is 25.1 Å². The fourth-order valence-corrected chi connectivity index (χ4v) is 2.65. The number of benzene rings is 1. The molecule has 0 aliphatic carbocycles. The molecule has 1 aliphatic heterocycles. The number of nitrogens with zero attached hydrogens (tertiary/aromatic N) is 1. The third kappa shape index (κ3) is 3.64. The van der Waals surface area contributed by atoms with Gasteiger partial charge in [-0.3, -0.25) is 4.98 Å². The van der Waals surface area contributed by atoms with Gasteiger partial charge in [0.05, 0.1) is 24.8 Å². The standard InChI is InChI=1S/C16H19ClN2O2/c1-11(9-21-13-5-7-20-10-13)19-16-4-6-18-15-3-2-12(17)8-14(15)16/h2-4,6,8,11,13H,5,7,9-10H2,1H3,(H,18,19). The molecule has 1 aromatic carbocycles. The van der Waals surface area contributed by atoms with E-state index in [-0.39, 0.29) is 12.1 Å². The molecular weight excluding hydrogens is 288 g/mol. The largest absolute Gasteiger partial charge is 0.380 e. The molecule has 112 valence electrons. The molecule has 5 heteroatoms. The van der Waals surface area contributed by atoms with Gasteiger partial charge in [0.25, 0.3) is 0 Å². The van der Waals surface area contributed by atoms with Crippen molar-refractivity contribution in [1.29, 1.82) is 0 Å². The fraction of sp³-hybridized carbons (Fsp3) is 0.438. The molecule has 1 fully saturated rings. The van der Waals surface area contributed by atoms with E-state index in [9.17, 15) is 0 Å². The zero-order valence-electron chi connectivity index (χ0n) is 12.0. The first-order valence-corrected chi connectivity index (χ1v) is 7.60. The zero-order chi connectivity index (χ0) is 14.7. The highest BCUT2D eigenvalue weighted by Gasteiger charge is 2.17. The van der Waals surface area contributed by atoms with Gasteiger partial charge in [0.2, 0.25) is 0 Å². The summed E-state index contributed by atoms with van der Waals surface area (Å²) in [6.45, 7) is 4.27. The SMILES string of the molecule is CC(COC1CCOC1)Nc1ccnc2ccc(Cl)cc12. The molecule has 2 heterocycles. The molecule has 3 rings (SSSR count). The first kappa shape index (κ1) is 14.6. The summed E-state index contributed by atoms with van der Waals surface area (Å²) in [5, 5.41) is 5.21. The van der Waals surface area contributed by atoms with Gasteiger partial charge in [0.1, 0.15) is 0 Å². The Morgan fingerprint density at radius 2 is 2.38 bits per heavy atom. The average molecular weight is 307 g/mol. The van der Waals surface area contributed by atoms with E-state index in [4.69, 9.17) is 21.1 Å². The van der Waals surface area contributed by atoms with Crippen molar-refractivity contribution in [2.45, 2.75) is 25.5 Å². The Kier molecular flexibility index (Phi) is 4.58. The van der Waals surface area contributed by atoms with Gasteiger partial charge in [-0.05, 0) is 37.6 Å². The zero-order valence-corrected chi connectivity index (χ0v) is 12.8. The van der Waals surface area contributed by atoms with Crippen molar-refractivity contribution < 1.29 is 9.47 Å². The fourth-order valence-electron chi connectivity index (χ4n) is 2.48. The van der Waals surface area contributed by atoms with Crippen LogP contribution >= 0.6 is 11.6 Å². The predicted molar refractivity (Wildman–Crippen MR) is 85.0 cm³/mol. The maximum atomic E-state index is 6.08. The second kappa shape index (κ2) is 6.60. The van der Waals surface area contributed by atoms with E-state index in [0.717, 1.165) is 29.6 Å². The second-order valence-electron chi connectivity index (χ2n) is 5.38. The molecule has 2 atom stereocenters. The summed E-state index contributed by atoms with van der Waals surface area (Å²) in [6, 6.07) is 7.89. The van der Waals surface area contributed by atoms with E-state index >= 15 is 0 Å². The first-order valence-electron chi connectivity index (χ1n) is 7.22. The molecule has 4 nitrogen and oxygen atoms in total. The van der Waals surface area contributed by atoms with Crippen molar-refractivity contribution in [3.63, 3.8) is 0 Å². The molecule has 2 unspecified atom stereocenters. The van der Waals surface area contributed by atoms with Crippen LogP contribution in [0.25, 0.3) is 10.9 Å². The van der Waals surface area contributed by atoms with Crippen LogP contribution in [-0.2, 0) is 9.47 Å². The van der Waals surface area contributed by atoms with Crippen LogP contribution in [0.3, 0.4) is 0 Å². The summed E-state index contributed by atoms with van der Waals surface area (Å²) < 4.78 is 11.2. The summed E-state index contributed by atoms with van der Waals surface area (Å²) in [4.78, 5) is 4.35. The van der Waals surface area contributed by atoms with Crippen molar-refractivity contribution >= 4 is 28.2 Å². The number of aromatic nitrogens is 1. The molecule has 2 aromatic rings. The minimum Gasteiger partial charge on any atom is -0.380 e. The van der Waals surface area contributed by atoms with Crippen LogP contribution in [0.5, 0.6) is 0 Å². The topological polar surface area (TPSA) is 43.4 Å². The normalized spacial score (nSPS) is 19.8. The molecule has 0 spiro atoms. The van der Waals surface area contributed by atoms with Gasteiger partial charge in [-0.1, -0.05) is 11.6 Å². The van der Waals surface area contributed by atoms with E-state index in [1.807, 2.05) is 24.3 Å². The average Bonchev–Trinajstić information content (AvgIpc) is 2.99. The Bertz CT molecular complexity index is 614. The summed E-state index contributed by atoms with van der Waals surface area (Å²) in [6.07, 6.45) is 3.02. The van der Waals surface area contributed by atoms with Crippen LogP contribution in [0.15, 0.2) is 30.5 Å². The Labute approximate surface area is 129 Å². The van der Waals surface area contributed by atoms with Crippen LogP contribution in [0.1, 0.15) is 13.3 Å². The number of halogens is 1. The molecule has 0 radical (unpaired) electrons. The van der Waals surface area contributed by atoms with Crippen molar-refractivity contribution in [3.05, 3.63) is 35.5 Å². The Morgan fingerprint density at radius 1 is 1.48 bits per heavy atom. The smallest absolute Gasteiger partial charge is 0.0831 e. The third-order valence-corrected chi connectivity index (χ3v) is 3.81. The number of nitrogens with one attached hydrogen (secondary N) is 1. The monoisotopic (exact) mass is 306 g/mol. The van der Waals surface area contributed by atoms with Gasteiger partial charge < -0.3 is 14.8 Å². The quantitative estimate of drug-likeness (QED) is 0.918. The van der Waals surface area contributed by atoms with E-state index < -0.39 is 0 Å². The van der Waals surface area contributed by atoms with Gasteiger partial charge in [-0.2, -0.15) is 0 Å². The molecular formula is C16H19ClN2O2. The highest BCUT2D eigenvalue weighted by molar-refractivity contribution is 6.31. The Balaban J connectivity index is 1.67. The maximum Gasteiger partial charge on any atom is 0.0831 e. The van der Waals surface area contributed by atoms with Gasteiger partial charge in [0, 0.05) is 34.9 Å². The van der Waals surface area contributed by atoms with E-state index in [0.29, 0.717) is 18.2 Å². The molecule has 0 amide bonds. The summed E-state index contributed by atoms with van der Waals surface area (Å²) in [7, 11) is 0. The Morgan fingerprint density at radius 3 is 3.19 bits per heavy atom. The minimum absolute atomic E-state index is 0.204. The summed E-state index contributed by atoms with van der Waals surface area (Å²) in [5.74, 6) is 0. The minimum atomic E-state index is 0.204. The number of hydrogen-bond acceptors (Lipinski definition) is 4. The number of fused-ring (bicyclic) bond motifs is 1. The van der Waals surface area contributed by atoms with E-state index in [1.165, 1.54) is 0 Å².